The van der Waals surface area contributed by atoms with Crippen molar-refractivity contribution in [3.63, 3.8) is 0 Å². The molecule has 1 aromatic heterocycles. The topological polar surface area (TPSA) is 116 Å². The van der Waals surface area contributed by atoms with Crippen LogP contribution in [0.4, 0.5) is 0 Å². The van der Waals surface area contributed by atoms with Crippen molar-refractivity contribution < 1.29 is 29.1 Å². The summed E-state index contributed by atoms with van der Waals surface area (Å²) in [5.41, 5.74) is 1.60. The SMILES string of the molecule is CN1CC2(CCN(C(=O)Cc3noc4ccccc34)CC2)C[C@@H](O)[C@@H](O)Cc2ccccc2OCC1=O. The minimum Gasteiger partial charge on any atom is -0.483 e. The number of nitrogens with zero attached hydrogens (tertiary/aromatic N) is 3. The summed E-state index contributed by atoms with van der Waals surface area (Å²) >= 11 is 0. The van der Waals surface area contributed by atoms with Gasteiger partial charge in [-0.1, -0.05) is 35.5 Å². The molecule has 2 atom stereocenters. The molecule has 0 saturated carbocycles. The number of carbonyl (C=O) groups is 2. The number of aliphatic hydroxyl groups excluding tert-OH is 2. The number of likely N-dealkylation sites (N-methyl/N-ethyl adjacent to an activating group) is 1. The average molecular weight is 508 g/mol. The predicted octanol–water partition coefficient (Wildman–Crippen LogP) is 2.18. The van der Waals surface area contributed by atoms with Crippen LogP contribution >= 0.6 is 0 Å². The maximum Gasteiger partial charge on any atom is 0.260 e. The molecule has 3 aromatic rings. The van der Waals surface area contributed by atoms with Crippen LogP contribution in [0.25, 0.3) is 11.0 Å². The zero-order chi connectivity index (χ0) is 26.0. The summed E-state index contributed by atoms with van der Waals surface area (Å²) in [6, 6.07) is 14.7. The quantitative estimate of drug-likeness (QED) is 0.546. The lowest BCUT2D eigenvalue weighted by Gasteiger charge is -2.45. The number of benzene rings is 2. The third kappa shape index (κ3) is 5.47. The van der Waals surface area contributed by atoms with Crippen LogP contribution < -0.4 is 4.74 Å². The summed E-state index contributed by atoms with van der Waals surface area (Å²) in [5, 5.41) is 26.8. The van der Waals surface area contributed by atoms with Crippen molar-refractivity contribution in [1.82, 2.24) is 15.0 Å². The van der Waals surface area contributed by atoms with Gasteiger partial charge in [-0.25, -0.2) is 0 Å². The predicted molar refractivity (Wildman–Crippen MR) is 136 cm³/mol. The van der Waals surface area contributed by atoms with Crippen LogP contribution in [0.1, 0.15) is 30.5 Å². The van der Waals surface area contributed by atoms with E-state index in [1.807, 2.05) is 47.4 Å². The Hall–Kier alpha value is -3.43. The number of likely N-dealkylation sites (tertiary alicyclic amines) is 1. The Labute approximate surface area is 215 Å². The molecule has 1 fully saturated rings. The van der Waals surface area contributed by atoms with E-state index in [4.69, 9.17) is 9.26 Å². The molecule has 0 radical (unpaired) electrons. The third-order valence-electron chi connectivity index (χ3n) is 7.79. The normalized spacial score (nSPS) is 22.7. The molecular weight excluding hydrogens is 474 g/mol. The van der Waals surface area contributed by atoms with Gasteiger partial charge in [-0.05, 0) is 48.4 Å². The van der Waals surface area contributed by atoms with E-state index in [2.05, 4.69) is 5.16 Å². The lowest BCUT2D eigenvalue weighted by Crippen LogP contribution is -2.51. The standard InChI is InChI=1S/C28H33N3O6/c1-30-18-28(16-23(33)22(32)14-19-6-2-4-8-24(19)36-17-27(30)35)10-12-31(13-11-28)26(34)15-21-20-7-3-5-9-25(20)37-29-21/h2-9,22-23,32-33H,10-18H2,1H3/t22-,23+/m0/s1. The first-order valence-electron chi connectivity index (χ1n) is 12.8. The first-order valence-corrected chi connectivity index (χ1v) is 12.8. The Balaban J connectivity index is 1.29. The highest BCUT2D eigenvalue weighted by molar-refractivity contribution is 5.86. The minimum absolute atomic E-state index is 0.0305. The highest BCUT2D eigenvalue weighted by Crippen LogP contribution is 2.38. The number of aromatic nitrogens is 1. The van der Waals surface area contributed by atoms with Crippen LogP contribution in [0.15, 0.2) is 53.1 Å². The van der Waals surface area contributed by atoms with Crippen LogP contribution in [0.2, 0.25) is 0 Å². The highest BCUT2D eigenvalue weighted by atomic mass is 16.5. The molecule has 0 unspecified atom stereocenters. The fourth-order valence-electron chi connectivity index (χ4n) is 5.57. The smallest absolute Gasteiger partial charge is 0.260 e. The maximum absolute atomic E-state index is 13.1. The molecule has 2 N–H and O–H groups in total. The van der Waals surface area contributed by atoms with Gasteiger partial charge in [-0.15, -0.1) is 0 Å². The van der Waals surface area contributed by atoms with Gasteiger partial charge >= 0.3 is 0 Å². The fourth-order valence-corrected chi connectivity index (χ4v) is 5.57. The molecule has 1 spiro atoms. The van der Waals surface area contributed by atoms with Crippen LogP contribution in [0.5, 0.6) is 5.75 Å². The summed E-state index contributed by atoms with van der Waals surface area (Å²) in [6.45, 7) is 1.31. The van der Waals surface area contributed by atoms with Crippen molar-refractivity contribution in [3.8, 4) is 5.75 Å². The van der Waals surface area contributed by atoms with Crippen LogP contribution in [-0.4, -0.2) is 82.5 Å². The molecule has 2 amide bonds. The van der Waals surface area contributed by atoms with E-state index in [0.717, 1.165) is 10.9 Å². The number of fused-ring (bicyclic) bond motifs is 2. The molecule has 0 bridgehead atoms. The molecule has 0 aliphatic carbocycles. The first-order chi connectivity index (χ1) is 17.8. The zero-order valence-electron chi connectivity index (χ0n) is 21.0. The van der Waals surface area contributed by atoms with Gasteiger partial charge in [0.15, 0.2) is 12.2 Å². The fraction of sp³-hybridized carbons (Fsp3) is 0.464. The van der Waals surface area contributed by atoms with Crippen molar-refractivity contribution in [3.05, 3.63) is 59.8 Å². The maximum atomic E-state index is 13.1. The van der Waals surface area contributed by atoms with Crippen molar-refractivity contribution in [2.24, 2.45) is 5.41 Å². The molecule has 37 heavy (non-hydrogen) atoms. The molecule has 1 saturated heterocycles. The largest absolute Gasteiger partial charge is 0.483 e. The lowest BCUT2D eigenvalue weighted by molar-refractivity contribution is -0.138. The minimum atomic E-state index is -0.972. The zero-order valence-corrected chi connectivity index (χ0v) is 21.0. The molecular formula is C28H33N3O6. The lowest BCUT2D eigenvalue weighted by atomic mass is 9.72. The second kappa shape index (κ2) is 10.5. The Kier molecular flexibility index (Phi) is 7.17. The second-order valence-corrected chi connectivity index (χ2v) is 10.4. The van der Waals surface area contributed by atoms with Gasteiger partial charge in [0.1, 0.15) is 11.4 Å². The second-order valence-electron chi connectivity index (χ2n) is 10.4. The van der Waals surface area contributed by atoms with E-state index >= 15 is 0 Å². The van der Waals surface area contributed by atoms with Crippen molar-refractivity contribution in [1.29, 1.82) is 0 Å². The van der Waals surface area contributed by atoms with Gasteiger partial charge < -0.3 is 29.3 Å². The number of para-hydroxylation sites is 2. The molecule has 2 aromatic carbocycles. The molecule has 2 aliphatic heterocycles. The van der Waals surface area contributed by atoms with Crippen LogP contribution in [-0.2, 0) is 22.4 Å². The number of ether oxygens (including phenoxy) is 1. The van der Waals surface area contributed by atoms with Gasteiger partial charge in [0.05, 0.1) is 18.6 Å². The molecule has 9 nitrogen and oxygen atoms in total. The van der Waals surface area contributed by atoms with Gasteiger partial charge in [0, 0.05) is 38.5 Å². The number of piperidine rings is 1. The van der Waals surface area contributed by atoms with Gasteiger partial charge in [-0.2, -0.15) is 0 Å². The van der Waals surface area contributed by atoms with Crippen LogP contribution in [0, 0.1) is 5.41 Å². The highest BCUT2D eigenvalue weighted by Gasteiger charge is 2.41. The Morgan fingerprint density at radius 2 is 1.81 bits per heavy atom. The van der Waals surface area contributed by atoms with Crippen molar-refractivity contribution >= 4 is 22.8 Å². The molecule has 196 valence electrons. The van der Waals surface area contributed by atoms with E-state index in [9.17, 15) is 19.8 Å². The Morgan fingerprint density at radius 3 is 2.62 bits per heavy atom. The summed E-state index contributed by atoms with van der Waals surface area (Å²) < 4.78 is 11.1. The third-order valence-corrected chi connectivity index (χ3v) is 7.79. The summed E-state index contributed by atoms with van der Waals surface area (Å²) in [4.78, 5) is 29.4. The Bertz CT molecular complexity index is 1270. The first kappa shape index (κ1) is 25.2. The number of carbonyl (C=O) groups excluding carboxylic acids is 2. The van der Waals surface area contributed by atoms with Crippen molar-refractivity contribution in [2.75, 3.05) is 33.3 Å². The van der Waals surface area contributed by atoms with Crippen molar-refractivity contribution in [2.45, 2.75) is 44.3 Å². The van der Waals surface area contributed by atoms with Gasteiger partial charge in [0.25, 0.3) is 5.91 Å². The van der Waals surface area contributed by atoms with E-state index in [-0.39, 0.29) is 31.3 Å². The molecule has 5 rings (SSSR count). The number of aliphatic hydroxyl groups is 2. The van der Waals surface area contributed by atoms with Gasteiger partial charge in [0.2, 0.25) is 5.91 Å². The number of rotatable bonds is 2. The average Bonchev–Trinajstić information content (AvgIpc) is 3.30. The molecule has 9 heteroatoms. The Morgan fingerprint density at radius 1 is 1.08 bits per heavy atom. The molecule has 3 heterocycles. The summed E-state index contributed by atoms with van der Waals surface area (Å²) in [7, 11) is 1.74. The number of amides is 2. The summed E-state index contributed by atoms with van der Waals surface area (Å²) in [6.07, 6.45) is -0.00492. The van der Waals surface area contributed by atoms with E-state index in [1.165, 1.54) is 0 Å². The van der Waals surface area contributed by atoms with E-state index in [0.29, 0.717) is 55.9 Å². The number of hydrogen-bond acceptors (Lipinski definition) is 7. The molecule has 2 aliphatic rings. The van der Waals surface area contributed by atoms with Gasteiger partial charge in [-0.3, -0.25) is 9.59 Å². The summed E-state index contributed by atoms with van der Waals surface area (Å²) in [5.74, 6) is 0.357. The van der Waals surface area contributed by atoms with Crippen LogP contribution in [0.3, 0.4) is 0 Å². The monoisotopic (exact) mass is 507 g/mol. The number of hydrogen-bond donors (Lipinski definition) is 2. The van der Waals surface area contributed by atoms with E-state index < -0.39 is 17.6 Å². The van der Waals surface area contributed by atoms with E-state index in [1.54, 1.807) is 18.0 Å².